The van der Waals surface area contributed by atoms with Gasteiger partial charge in [-0.3, -0.25) is 4.79 Å². The van der Waals surface area contributed by atoms with Gasteiger partial charge < -0.3 is 30.6 Å². The third-order valence-electron chi connectivity index (χ3n) is 3.83. The van der Waals surface area contributed by atoms with Crippen molar-refractivity contribution in [1.82, 2.24) is 0 Å². The molecule has 3 unspecified atom stereocenters. The molecule has 3 atom stereocenters. The monoisotopic (exact) mass is 529 g/mol. The molecule has 10 nitrogen and oxygen atoms in total. The molecule has 2 fully saturated rings. The van der Waals surface area contributed by atoms with E-state index in [0.29, 0.717) is 36.0 Å². The Balaban J connectivity index is -0.0000000995. The molecule has 0 radical (unpaired) electrons. The van der Waals surface area contributed by atoms with Crippen molar-refractivity contribution in [2.75, 3.05) is 7.11 Å². The normalized spacial score (nSPS) is 24.4. The van der Waals surface area contributed by atoms with Crippen LogP contribution in [-0.2, 0) is 9.59 Å². The van der Waals surface area contributed by atoms with Gasteiger partial charge in [-0.25, -0.2) is 5.90 Å². The summed E-state index contributed by atoms with van der Waals surface area (Å²) >= 11 is 3.34. The Kier molecular flexibility index (Phi) is 35.8. The van der Waals surface area contributed by atoms with Gasteiger partial charge in [-0.05, 0) is 50.9 Å². The van der Waals surface area contributed by atoms with Gasteiger partial charge in [0.15, 0.2) is 0 Å². The number of carbonyl (C=O) groups is 2. The molecule has 2 saturated carbocycles. The number of rotatable bonds is 0. The number of halogens is 2. The fraction of sp³-hybridized carbons (Fsp3) is 0.765. The van der Waals surface area contributed by atoms with E-state index in [1.165, 1.54) is 0 Å². The molecule has 0 saturated heterocycles. The zero-order chi connectivity index (χ0) is 22.7. The number of aliphatic carboxylic acids is 1. The van der Waals surface area contributed by atoms with Crippen LogP contribution in [0.2, 0.25) is 0 Å². The van der Waals surface area contributed by atoms with Crippen LogP contribution in [-0.4, -0.2) is 55.8 Å². The Morgan fingerprint density at radius 2 is 1.47 bits per heavy atom. The standard InChI is InChI=1S/C7H11BrO.C7H12N2O2.C2H4O2.CH4O.ClH.H3NO.Na/c1-5-2-3-7(9)6(8)4-5;1-5-2-3-6(8-10)7(4-5)9-11;1-2(3)4;1-2;;1-2;/h5-6H,2-4H2,1H3;5,10-11H,2-4H2,1H3;1H3,(H,3,4);2H,1H3;1H;2H,1H2;/q;;;;;;+1/p-1. The number of oxime groups is 2. The molecule has 174 valence electrons. The number of hydrogen-bond donors (Lipinski definition) is 5. The van der Waals surface area contributed by atoms with Crippen LogP contribution in [0.3, 0.4) is 0 Å². The molecule has 2 rings (SSSR count). The Morgan fingerprint density at radius 3 is 1.80 bits per heavy atom. The number of nitrogens with zero attached hydrogens (tertiary/aromatic N) is 2. The van der Waals surface area contributed by atoms with Crippen molar-refractivity contribution in [2.45, 2.75) is 64.1 Å². The van der Waals surface area contributed by atoms with E-state index in [1.54, 1.807) is 0 Å². The number of hydrogen-bond acceptors (Lipinski definition) is 10. The minimum atomic E-state index is -1.08. The van der Waals surface area contributed by atoms with E-state index in [1.807, 2.05) is 0 Å². The molecule has 0 spiro atoms. The van der Waals surface area contributed by atoms with Crippen LogP contribution in [0.15, 0.2) is 10.3 Å². The number of aliphatic hydroxyl groups excluding tert-OH is 1. The molecule has 0 aromatic heterocycles. The first-order valence-electron chi connectivity index (χ1n) is 8.68. The molecular formula is C17H34BrClN3NaO7. The predicted octanol–water partition coefficient (Wildman–Crippen LogP) is -1.27. The van der Waals surface area contributed by atoms with Crippen LogP contribution in [0.1, 0.15) is 59.3 Å². The number of aliphatic hydroxyl groups is 1. The summed E-state index contributed by atoms with van der Waals surface area (Å²) in [6.07, 6.45) is 5.29. The van der Waals surface area contributed by atoms with Gasteiger partial charge in [0, 0.05) is 19.5 Å². The van der Waals surface area contributed by atoms with Gasteiger partial charge in [-0.1, -0.05) is 40.1 Å². The molecule has 0 amide bonds. The number of Topliss-reactive ketones (excluding diaryl/α,β-unsaturated/α-hetero) is 1. The van der Waals surface area contributed by atoms with E-state index in [9.17, 15) is 4.79 Å². The van der Waals surface area contributed by atoms with Gasteiger partial charge in [-0.15, -0.1) is 12.4 Å². The van der Waals surface area contributed by atoms with Crippen LogP contribution in [0, 0.1) is 11.8 Å². The summed E-state index contributed by atoms with van der Waals surface area (Å²) in [6, 6.07) is 0. The molecule has 0 bridgehead atoms. The quantitative estimate of drug-likeness (QED) is 0.111. The van der Waals surface area contributed by atoms with Gasteiger partial charge >= 0.3 is 29.6 Å². The minimum absolute atomic E-state index is 0. The smallest absolute Gasteiger partial charge is 0.550 e. The SMILES string of the molecule is CC(=O)[O-].CC1CCC(=NO)C(=NO)C1.CC1CCC(=O)C(Br)C1.CO.Cl.NO.[Na+]. The van der Waals surface area contributed by atoms with Crippen LogP contribution in [0.25, 0.3) is 0 Å². The van der Waals surface area contributed by atoms with Gasteiger partial charge in [-0.2, -0.15) is 0 Å². The first-order chi connectivity index (χ1) is 13.2. The van der Waals surface area contributed by atoms with Crippen molar-refractivity contribution in [3.05, 3.63) is 0 Å². The third kappa shape index (κ3) is 22.4. The zero-order valence-electron chi connectivity index (χ0n) is 18.2. The number of carboxylic acid groups (broad SMARTS) is 1. The molecule has 0 aliphatic heterocycles. The van der Waals surface area contributed by atoms with E-state index < -0.39 is 5.97 Å². The Bertz CT molecular complexity index is 496. The zero-order valence-corrected chi connectivity index (χ0v) is 22.6. The molecule has 2 aliphatic rings. The minimum Gasteiger partial charge on any atom is -0.550 e. The van der Waals surface area contributed by atoms with E-state index in [2.05, 4.69) is 46.0 Å². The summed E-state index contributed by atoms with van der Waals surface area (Å²) in [5, 5.41) is 45.5. The summed E-state index contributed by atoms with van der Waals surface area (Å²) in [6.45, 7) is 5.25. The first kappa shape index (κ1) is 40.1. The second kappa shape index (κ2) is 26.8. The maximum atomic E-state index is 10.9. The summed E-state index contributed by atoms with van der Waals surface area (Å²) in [5.41, 5.74) is 1.04. The average Bonchev–Trinajstić information content (AvgIpc) is 2.68. The molecule has 2 aliphatic carbocycles. The van der Waals surface area contributed by atoms with Crippen molar-refractivity contribution in [3.63, 3.8) is 0 Å². The van der Waals surface area contributed by atoms with E-state index >= 15 is 0 Å². The van der Waals surface area contributed by atoms with Crippen molar-refractivity contribution < 1.29 is 65.0 Å². The summed E-state index contributed by atoms with van der Waals surface area (Å²) in [7, 11) is 1.00. The van der Waals surface area contributed by atoms with Crippen molar-refractivity contribution in [2.24, 2.45) is 28.0 Å². The Hall–Kier alpha value is -0.270. The summed E-state index contributed by atoms with van der Waals surface area (Å²) < 4.78 is 0. The number of alkyl halides is 1. The number of ketones is 1. The second-order valence-corrected chi connectivity index (χ2v) is 7.35. The topological polar surface area (TPSA) is 189 Å². The van der Waals surface area contributed by atoms with Crippen LogP contribution < -0.4 is 40.6 Å². The van der Waals surface area contributed by atoms with Gasteiger partial charge in [0.2, 0.25) is 0 Å². The fourth-order valence-corrected chi connectivity index (χ4v) is 3.30. The van der Waals surface area contributed by atoms with E-state index in [0.717, 1.165) is 45.6 Å². The second-order valence-electron chi connectivity index (χ2n) is 6.25. The molecule has 0 aromatic carbocycles. The van der Waals surface area contributed by atoms with Gasteiger partial charge in [0.25, 0.3) is 0 Å². The molecular weight excluding hydrogens is 497 g/mol. The maximum Gasteiger partial charge on any atom is 1.00 e. The van der Waals surface area contributed by atoms with Crippen molar-refractivity contribution >= 4 is 51.5 Å². The maximum absolute atomic E-state index is 10.9. The average molecular weight is 531 g/mol. The van der Waals surface area contributed by atoms with Crippen LogP contribution in [0.5, 0.6) is 0 Å². The largest absolute Gasteiger partial charge is 1.00 e. The van der Waals surface area contributed by atoms with Gasteiger partial charge in [0.05, 0.1) is 4.83 Å². The first-order valence-corrected chi connectivity index (χ1v) is 9.59. The molecule has 0 heterocycles. The van der Waals surface area contributed by atoms with Gasteiger partial charge in [0.1, 0.15) is 17.2 Å². The molecule has 0 aromatic rings. The third-order valence-corrected chi connectivity index (χ3v) is 4.72. The van der Waals surface area contributed by atoms with Crippen molar-refractivity contribution in [1.29, 1.82) is 0 Å². The molecule has 13 heteroatoms. The molecule has 30 heavy (non-hydrogen) atoms. The summed E-state index contributed by atoms with van der Waals surface area (Å²) in [4.78, 5) is 19.9. The van der Waals surface area contributed by atoms with Crippen LogP contribution >= 0.6 is 28.3 Å². The fourth-order valence-electron chi connectivity index (χ4n) is 2.43. The summed E-state index contributed by atoms with van der Waals surface area (Å²) in [5.74, 6) is 4.05. The molecule has 6 N–H and O–H groups in total. The Labute approximate surface area is 214 Å². The predicted molar refractivity (Wildman–Crippen MR) is 114 cm³/mol. The van der Waals surface area contributed by atoms with E-state index in [4.69, 9.17) is 30.6 Å². The van der Waals surface area contributed by atoms with Crippen LogP contribution in [0.4, 0.5) is 0 Å². The number of carbonyl (C=O) groups excluding carboxylic acids is 2. The Morgan fingerprint density at radius 1 is 1.07 bits per heavy atom. The van der Waals surface area contributed by atoms with E-state index in [-0.39, 0.29) is 46.8 Å². The number of carboxylic acids is 1. The van der Waals surface area contributed by atoms with Crippen molar-refractivity contribution in [3.8, 4) is 0 Å². The number of nitrogens with two attached hydrogens (primary N) is 1.